The Hall–Kier alpha value is -2.31. The summed E-state index contributed by atoms with van der Waals surface area (Å²) in [5.41, 5.74) is 2.43. The molecule has 14 heteroatoms. The third-order valence-corrected chi connectivity index (χ3v) is 6.38. The van der Waals surface area contributed by atoms with Gasteiger partial charge in [0.25, 0.3) is 0 Å². The van der Waals surface area contributed by atoms with Crippen LogP contribution in [0.5, 0.6) is 0 Å². The first-order valence-corrected chi connectivity index (χ1v) is 11.8. The summed E-state index contributed by atoms with van der Waals surface area (Å²) < 4.78 is 66.5. The molecule has 0 aliphatic heterocycles. The van der Waals surface area contributed by atoms with Crippen LogP contribution in [-0.2, 0) is 20.2 Å². The fourth-order valence-corrected chi connectivity index (χ4v) is 3.77. The minimum atomic E-state index is -4.58. The number of hydrogen-bond donors (Lipinski definition) is 2. The van der Waals surface area contributed by atoms with Crippen LogP contribution in [0, 0.1) is 25.2 Å². The monoisotopic (exact) mass is 486 g/mol. The number of benzene rings is 2. The van der Waals surface area contributed by atoms with E-state index < -0.39 is 20.2 Å². The molecular weight excluding hydrogens is 470 g/mol. The van der Waals surface area contributed by atoms with Gasteiger partial charge >= 0.3 is 37.7 Å². The topological polar surface area (TPSA) is 175 Å². The van der Waals surface area contributed by atoms with Crippen LogP contribution in [0.1, 0.15) is 16.7 Å². The van der Waals surface area contributed by atoms with Crippen molar-refractivity contribution in [3.63, 3.8) is 0 Å². The van der Waals surface area contributed by atoms with Crippen LogP contribution in [0.2, 0.25) is 0 Å². The van der Waals surface area contributed by atoms with Crippen molar-refractivity contribution in [1.29, 1.82) is 5.26 Å². The van der Waals surface area contributed by atoms with E-state index in [2.05, 4.69) is 21.7 Å². The first-order chi connectivity index (χ1) is 14.9. The summed E-state index contributed by atoms with van der Waals surface area (Å²) in [7, 11) is -9.15. The van der Waals surface area contributed by atoms with Gasteiger partial charge in [-0.15, -0.1) is 0 Å². The normalized spacial score (nSPS) is 10.9. The van der Waals surface area contributed by atoms with Crippen molar-refractivity contribution < 1.29 is 63.7 Å². The summed E-state index contributed by atoms with van der Waals surface area (Å²) in [5.74, 6) is 0.565. The average Bonchev–Trinajstić information content (AvgIpc) is 2.71. The molecule has 3 aromatic rings. The Morgan fingerprint density at radius 2 is 1.12 bits per heavy atom. The van der Waals surface area contributed by atoms with E-state index in [9.17, 15) is 31.2 Å². The molecule has 34 heavy (non-hydrogen) atoms. The van der Waals surface area contributed by atoms with Gasteiger partial charge in [0.2, 0.25) is 0 Å². The minimum absolute atomic E-state index is 0. The smallest absolute Gasteiger partial charge is 0.744 e. The van der Waals surface area contributed by atoms with Crippen LogP contribution >= 0.6 is 0 Å². The maximum atomic E-state index is 11.1. The number of pyridine rings is 1. The summed E-state index contributed by atoms with van der Waals surface area (Å²) in [6, 6.07) is 12.3. The first-order valence-electron chi connectivity index (χ1n) is 8.97. The predicted octanol–water partition coefficient (Wildman–Crippen LogP) is -3.13. The summed E-state index contributed by atoms with van der Waals surface area (Å²) in [4.78, 5) is 3.68. The molecule has 0 unspecified atom stereocenters. The minimum Gasteiger partial charge on any atom is -0.744 e. The Morgan fingerprint density at radius 1 is 0.735 bits per heavy atom. The maximum absolute atomic E-state index is 11.1. The number of aromatic nitrogens is 1. The number of hydrogen-bond acceptors (Lipinski definition) is 10. The molecule has 10 nitrogen and oxygen atoms in total. The molecule has 1 aromatic heterocycles. The van der Waals surface area contributed by atoms with E-state index in [1.54, 1.807) is 13.8 Å². The van der Waals surface area contributed by atoms with E-state index in [0.29, 0.717) is 28.3 Å². The molecular formula is C20H16Li2N4O6S2. The molecule has 2 aromatic carbocycles. The molecule has 166 valence electrons. The third-order valence-electron chi connectivity index (χ3n) is 4.68. The van der Waals surface area contributed by atoms with E-state index in [1.165, 1.54) is 36.4 Å². The molecule has 0 aliphatic carbocycles. The zero-order valence-electron chi connectivity index (χ0n) is 18.8. The molecule has 3 rings (SSSR count). The van der Waals surface area contributed by atoms with Gasteiger partial charge in [-0.1, -0.05) is 0 Å². The zero-order valence-corrected chi connectivity index (χ0v) is 20.4. The molecule has 0 saturated heterocycles. The fourth-order valence-electron chi connectivity index (χ4n) is 2.83. The van der Waals surface area contributed by atoms with Gasteiger partial charge in [-0.2, -0.15) is 5.26 Å². The number of nitrogens with one attached hydrogen (secondary N) is 2. The molecule has 0 fully saturated rings. The molecule has 1 heterocycles. The zero-order chi connectivity index (χ0) is 23.7. The maximum Gasteiger partial charge on any atom is 1.00 e. The van der Waals surface area contributed by atoms with E-state index >= 15 is 0 Å². The Bertz CT molecular complexity index is 1440. The van der Waals surface area contributed by atoms with Gasteiger partial charge in [0.15, 0.2) is 5.82 Å². The second-order valence-corrected chi connectivity index (χ2v) is 9.51. The SMILES string of the molecule is Cc1c(Nc2ccc(S(=O)(=O)[O-])cc2)nc(Nc2ccc(S(=O)(=O)[O-])cc2)c(C#N)c1C.[Li+].[Li+]. The van der Waals surface area contributed by atoms with Crippen molar-refractivity contribution in [2.24, 2.45) is 0 Å². The van der Waals surface area contributed by atoms with Gasteiger partial charge in [-0.3, -0.25) is 0 Å². The summed E-state index contributed by atoms with van der Waals surface area (Å²) in [5, 5.41) is 15.5. The van der Waals surface area contributed by atoms with E-state index in [4.69, 9.17) is 0 Å². The Labute approximate surface area is 221 Å². The van der Waals surface area contributed by atoms with Crippen molar-refractivity contribution in [3.8, 4) is 6.07 Å². The van der Waals surface area contributed by atoms with Crippen molar-refractivity contribution in [2.75, 3.05) is 10.6 Å². The van der Waals surface area contributed by atoms with E-state index in [-0.39, 0.29) is 58.9 Å². The van der Waals surface area contributed by atoms with Gasteiger partial charge in [0.05, 0.1) is 15.4 Å². The van der Waals surface area contributed by atoms with Crippen molar-refractivity contribution in [3.05, 3.63) is 65.2 Å². The summed E-state index contributed by atoms with van der Waals surface area (Å²) >= 11 is 0. The second-order valence-electron chi connectivity index (χ2n) is 6.75. The number of rotatable bonds is 6. The largest absolute Gasteiger partial charge is 1.00 e. The molecule has 0 spiro atoms. The second kappa shape index (κ2) is 11.4. The molecule has 0 radical (unpaired) electrons. The van der Waals surface area contributed by atoms with E-state index in [1.807, 2.05) is 0 Å². The quantitative estimate of drug-likeness (QED) is 0.268. The van der Waals surface area contributed by atoms with Crippen LogP contribution in [0.15, 0.2) is 58.3 Å². The van der Waals surface area contributed by atoms with Crippen LogP contribution in [0.3, 0.4) is 0 Å². The molecule has 0 atom stereocenters. The molecule has 0 bridgehead atoms. The van der Waals surface area contributed by atoms with Crippen LogP contribution in [0.4, 0.5) is 23.0 Å². The standard InChI is InChI=1S/C20H18N4O6S2.2Li/c1-12-13(2)19(22-14-3-7-16(8-4-14)31(25,26)27)24-20(18(12)11-21)23-15-5-9-17(10-6-15)32(28,29)30;;/h3-10H,1-2H3,(H2,22,23,24)(H,25,26,27)(H,28,29,30);;/q;2*+1/p-2. The van der Waals surface area contributed by atoms with Gasteiger partial charge < -0.3 is 19.7 Å². The van der Waals surface area contributed by atoms with Gasteiger partial charge in [0, 0.05) is 11.4 Å². The Balaban J connectivity index is 0.00000289. The Morgan fingerprint density at radius 3 is 1.47 bits per heavy atom. The van der Waals surface area contributed by atoms with Gasteiger partial charge in [-0.25, -0.2) is 21.8 Å². The molecule has 0 amide bonds. The molecule has 2 N–H and O–H groups in total. The third kappa shape index (κ3) is 6.86. The van der Waals surface area contributed by atoms with Gasteiger partial charge in [0.1, 0.15) is 32.1 Å². The summed E-state index contributed by atoms with van der Waals surface area (Å²) in [6.45, 7) is 3.48. The fraction of sp³-hybridized carbons (Fsp3) is 0.100. The van der Waals surface area contributed by atoms with Crippen molar-refractivity contribution in [2.45, 2.75) is 23.6 Å². The number of anilines is 4. The van der Waals surface area contributed by atoms with Gasteiger partial charge in [-0.05, 0) is 73.5 Å². The summed E-state index contributed by atoms with van der Waals surface area (Å²) in [6.07, 6.45) is 0. The predicted molar refractivity (Wildman–Crippen MR) is 114 cm³/mol. The molecule has 0 aliphatic rings. The van der Waals surface area contributed by atoms with Crippen molar-refractivity contribution >= 4 is 43.2 Å². The average molecular weight is 486 g/mol. The van der Waals surface area contributed by atoms with Crippen molar-refractivity contribution in [1.82, 2.24) is 4.98 Å². The number of nitriles is 1. The van der Waals surface area contributed by atoms with Crippen LogP contribution in [0.25, 0.3) is 0 Å². The molecule has 0 saturated carbocycles. The van der Waals surface area contributed by atoms with E-state index in [0.717, 1.165) is 12.1 Å². The first kappa shape index (κ1) is 29.7. The number of nitrogens with zero attached hydrogens (tertiary/aromatic N) is 2. The van der Waals surface area contributed by atoms with Crippen LogP contribution in [-0.4, -0.2) is 30.9 Å². The Kier molecular flexibility index (Phi) is 9.98. The van der Waals surface area contributed by atoms with Crippen LogP contribution < -0.4 is 48.4 Å².